The molecule has 1 atom stereocenters. The van der Waals surface area contributed by atoms with Gasteiger partial charge in [0.15, 0.2) is 5.78 Å². The number of nitrogens with zero attached hydrogens (tertiary/aromatic N) is 2. The van der Waals surface area contributed by atoms with E-state index in [0.29, 0.717) is 23.8 Å². The summed E-state index contributed by atoms with van der Waals surface area (Å²) in [6.45, 7) is 3.86. The molecule has 3 aliphatic rings. The van der Waals surface area contributed by atoms with Gasteiger partial charge in [0.25, 0.3) is 5.56 Å². The van der Waals surface area contributed by atoms with Crippen molar-refractivity contribution in [3.8, 4) is 0 Å². The molecule has 29 heavy (non-hydrogen) atoms. The van der Waals surface area contributed by atoms with Crippen molar-refractivity contribution < 1.29 is 4.79 Å². The van der Waals surface area contributed by atoms with Crippen LogP contribution in [0.4, 0.5) is 11.8 Å². The Hall–Kier alpha value is -2.89. The molecule has 1 unspecified atom stereocenters. The fourth-order valence-corrected chi connectivity index (χ4v) is 4.93. The Morgan fingerprint density at radius 1 is 1.03 bits per heavy atom. The van der Waals surface area contributed by atoms with Crippen molar-refractivity contribution in [2.75, 3.05) is 23.3 Å². The van der Waals surface area contributed by atoms with Gasteiger partial charge < -0.3 is 10.2 Å². The van der Waals surface area contributed by atoms with Gasteiger partial charge in [-0.3, -0.25) is 14.6 Å². The molecule has 0 amide bonds. The highest BCUT2D eigenvalue weighted by Gasteiger charge is 2.38. The second-order valence-electron chi connectivity index (χ2n) is 8.28. The molecule has 0 saturated carbocycles. The minimum Gasteiger partial charge on any atom is -0.343 e. The van der Waals surface area contributed by atoms with Crippen molar-refractivity contribution in [3.05, 3.63) is 62.6 Å². The minimum absolute atomic E-state index is 0.136. The molecule has 2 aliphatic heterocycles. The second-order valence-corrected chi connectivity index (χ2v) is 8.28. The highest BCUT2D eigenvalue weighted by molar-refractivity contribution is 6.01. The van der Waals surface area contributed by atoms with Crippen molar-refractivity contribution >= 4 is 17.5 Å². The number of allylic oxidation sites excluding steroid dienone is 2. The summed E-state index contributed by atoms with van der Waals surface area (Å²) in [4.78, 5) is 36.2. The highest BCUT2D eigenvalue weighted by atomic mass is 16.1. The Kier molecular flexibility index (Phi) is 4.49. The minimum atomic E-state index is -0.359. The first kappa shape index (κ1) is 18.2. The van der Waals surface area contributed by atoms with Crippen LogP contribution in [0.15, 0.2) is 40.3 Å². The molecule has 1 fully saturated rings. The lowest BCUT2D eigenvalue weighted by Crippen LogP contribution is -2.36. The fraction of sp³-hybridized carbons (Fsp3) is 0.435. The van der Waals surface area contributed by atoms with Crippen molar-refractivity contribution in [1.29, 1.82) is 0 Å². The molecule has 0 spiro atoms. The zero-order chi connectivity index (χ0) is 20.0. The van der Waals surface area contributed by atoms with Crippen LogP contribution in [0.25, 0.3) is 0 Å². The second kappa shape index (κ2) is 7.17. The largest absolute Gasteiger partial charge is 0.343 e. The van der Waals surface area contributed by atoms with Gasteiger partial charge in [-0.2, -0.15) is 4.98 Å². The number of aromatic amines is 1. The predicted octanol–water partition coefficient (Wildman–Crippen LogP) is 3.63. The van der Waals surface area contributed by atoms with Gasteiger partial charge in [-0.05, 0) is 50.2 Å². The van der Waals surface area contributed by atoms with E-state index in [-0.39, 0.29) is 17.3 Å². The van der Waals surface area contributed by atoms with Crippen LogP contribution in [0.2, 0.25) is 0 Å². The van der Waals surface area contributed by atoms with E-state index in [4.69, 9.17) is 4.98 Å². The topological polar surface area (TPSA) is 78.1 Å². The molecule has 0 radical (unpaired) electrons. The molecule has 1 saturated heterocycles. The summed E-state index contributed by atoms with van der Waals surface area (Å²) in [5, 5.41) is 3.37. The summed E-state index contributed by atoms with van der Waals surface area (Å²) in [6, 6.07) is 8.02. The number of Topliss-reactive ketones (excluding diaryl/α,β-unsaturated/α-hetero) is 1. The molecule has 1 aliphatic carbocycles. The van der Waals surface area contributed by atoms with Gasteiger partial charge in [-0.15, -0.1) is 0 Å². The lowest BCUT2D eigenvalue weighted by Gasteiger charge is -2.34. The summed E-state index contributed by atoms with van der Waals surface area (Å²) in [5.74, 6) is 1.02. The van der Waals surface area contributed by atoms with E-state index in [1.807, 2.05) is 31.2 Å². The maximum atomic E-state index is 13.3. The SMILES string of the molecule is Cc1ccccc1C1C2=C(CCCC2=O)Nc2nc(N3CCCCC3)[nH]c(=O)c21. The maximum absolute atomic E-state index is 13.3. The van der Waals surface area contributed by atoms with Gasteiger partial charge in [0.2, 0.25) is 5.95 Å². The smallest absolute Gasteiger partial charge is 0.258 e. The number of ketones is 1. The molecule has 150 valence electrons. The van der Waals surface area contributed by atoms with E-state index in [2.05, 4.69) is 15.2 Å². The molecule has 3 heterocycles. The summed E-state index contributed by atoms with van der Waals surface area (Å²) in [7, 11) is 0. The third-order valence-corrected chi connectivity index (χ3v) is 6.40. The van der Waals surface area contributed by atoms with Gasteiger partial charge in [0.05, 0.1) is 5.56 Å². The number of H-pyrrole nitrogens is 1. The average Bonchev–Trinajstić information content (AvgIpc) is 2.73. The van der Waals surface area contributed by atoms with E-state index >= 15 is 0 Å². The fourth-order valence-electron chi connectivity index (χ4n) is 4.93. The maximum Gasteiger partial charge on any atom is 0.258 e. The highest BCUT2D eigenvalue weighted by Crippen LogP contribution is 2.44. The van der Waals surface area contributed by atoms with E-state index < -0.39 is 0 Å². The standard InChI is InChI=1S/C23H26N4O2/c1-14-8-3-4-9-15(14)18-19-16(10-7-11-17(19)28)24-21-20(18)22(29)26-23(25-21)27-12-5-2-6-13-27/h3-4,8-9,18H,2,5-7,10-13H2,1H3,(H2,24,25,26,29). The number of carbonyl (C=O) groups excluding carboxylic acids is 1. The number of aryl methyl sites for hydroxylation is 1. The predicted molar refractivity (Wildman–Crippen MR) is 113 cm³/mol. The zero-order valence-corrected chi connectivity index (χ0v) is 16.8. The molecule has 0 bridgehead atoms. The van der Waals surface area contributed by atoms with Crippen molar-refractivity contribution in [2.45, 2.75) is 51.4 Å². The summed E-state index contributed by atoms with van der Waals surface area (Å²) >= 11 is 0. The third-order valence-electron chi connectivity index (χ3n) is 6.40. The van der Waals surface area contributed by atoms with Crippen LogP contribution in [-0.4, -0.2) is 28.8 Å². The van der Waals surface area contributed by atoms with Crippen LogP contribution in [0.3, 0.4) is 0 Å². The first-order valence-corrected chi connectivity index (χ1v) is 10.6. The molecule has 2 aromatic rings. The Morgan fingerprint density at radius 3 is 2.62 bits per heavy atom. The van der Waals surface area contributed by atoms with Crippen LogP contribution in [0, 0.1) is 6.92 Å². The van der Waals surface area contributed by atoms with Crippen molar-refractivity contribution in [1.82, 2.24) is 9.97 Å². The van der Waals surface area contributed by atoms with Gasteiger partial charge in [-0.1, -0.05) is 24.3 Å². The molecule has 1 aromatic carbocycles. The summed E-state index contributed by atoms with van der Waals surface area (Å²) in [6.07, 6.45) is 5.64. The molecule has 2 N–H and O–H groups in total. The normalized spacial score (nSPS) is 21.5. The number of hydrogen-bond acceptors (Lipinski definition) is 5. The van der Waals surface area contributed by atoms with E-state index in [0.717, 1.165) is 61.2 Å². The first-order valence-electron chi connectivity index (χ1n) is 10.6. The van der Waals surface area contributed by atoms with Gasteiger partial charge >= 0.3 is 0 Å². The number of fused-ring (bicyclic) bond motifs is 1. The molecular weight excluding hydrogens is 364 g/mol. The lowest BCUT2D eigenvalue weighted by molar-refractivity contribution is -0.116. The van der Waals surface area contributed by atoms with Crippen LogP contribution >= 0.6 is 0 Å². The van der Waals surface area contributed by atoms with Crippen LogP contribution in [0.5, 0.6) is 0 Å². The van der Waals surface area contributed by atoms with E-state index in [9.17, 15) is 9.59 Å². The molecule has 6 heteroatoms. The Labute approximate surface area is 170 Å². The summed E-state index contributed by atoms with van der Waals surface area (Å²) < 4.78 is 0. The average molecular weight is 390 g/mol. The van der Waals surface area contributed by atoms with Crippen LogP contribution in [0.1, 0.15) is 61.1 Å². The van der Waals surface area contributed by atoms with Crippen molar-refractivity contribution in [3.63, 3.8) is 0 Å². The number of aromatic nitrogens is 2. The van der Waals surface area contributed by atoms with Gasteiger partial charge in [-0.25, -0.2) is 0 Å². The number of hydrogen-bond donors (Lipinski definition) is 2. The monoisotopic (exact) mass is 390 g/mol. The van der Waals surface area contributed by atoms with E-state index in [1.54, 1.807) is 0 Å². The molecule has 6 nitrogen and oxygen atoms in total. The third kappa shape index (κ3) is 3.07. The van der Waals surface area contributed by atoms with Gasteiger partial charge in [0.1, 0.15) is 5.82 Å². The number of rotatable bonds is 2. The van der Waals surface area contributed by atoms with E-state index in [1.165, 1.54) is 6.42 Å². The Balaban J connectivity index is 1.69. The van der Waals surface area contributed by atoms with Crippen molar-refractivity contribution in [2.24, 2.45) is 0 Å². The van der Waals surface area contributed by atoms with Crippen LogP contribution < -0.4 is 15.8 Å². The molecular formula is C23H26N4O2. The quantitative estimate of drug-likeness (QED) is 0.819. The first-order chi connectivity index (χ1) is 14.1. The molecule has 5 rings (SSSR count). The number of anilines is 2. The zero-order valence-electron chi connectivity index (χ0n) is 16.8. The van der Waals surface area contributed by atoms with Gasteiger partial charge in [0, 0.05) is 36.7 Å². The number of piperidine rings is 1. The number of nitrogens with one attached hydrogen (secondary N) is 2. The van der Waals surface area contributed by atoms with Crippen LogP contribution in [-0.2, 0) is 4.79 Å². The lowest BCUT2D eigenvalue weighted by atomic mass is 9.75. The Bertz CT molecular complexity index is 1060. The number of carbonyl (C=O) groups is 1. The molecule has 1 aromatic heterocycles. The summed E-state index contributed by atoms with van der Waals surface area (Å²) in [5.41, 5.74) is 4.18. The number of benzene rings is 1. The Morgan fingerprint density at radius 2 is 1.83 bits per heavy atom.